The number of alkyl halides is 16. The third kappa shape index (κ3) is 4.97. The number of hydrogen-bond acceptors (Lipinski definition) is 2. The van der Waals surface area contributed by atoms with E-state index in [2.05, 4.69) is 5.32 Å². The van der Waals surface area contributed by atoms with Gasteiger partial charge in [0.25, 0.3) is 0 Å². The summed E-state index contributed by atoms with van der Waals surface area (Å²) in [5.74, 6) is -59.9. The Morgan fingerprint density at radius 2 is 0.900 bits per heavy atom. The van der Waals surface area contributed by atoms with E-state index in [0.29, 0.717) is 17.8 Å². The van der Waals surface area contributed by atoms with E-state index < -0.39 is 59.5 Å². The number of halogens is 16. The van der Waals surface area contributed by atoms with Gasteiger partial charge in [-0.15, -0.1) is 0 Å². The zero-order valence-electron chi connectivity index (χ0n) is 18.7. The van der Waals surface area contributed by atoms with Crippen molar-refractivity contribution < 1.29 is 75.0 Å². The van der Waals surface area contributed by atoms with E-state index in [-0.39, 0.29) is 5.69 Å². The fourth-order valence-electron chi connectivity index (χ4n) is 2.81. The van der Waals surface area contributed by atoms with E-state index in [9.17, 15) is 75.0 Å². The number of carbonyl (C=O) groups excluding carboxylic acids is 1. The molecule has 0 saturated carbocycles. The summed E-state index contributed by atoms with van der Waals surface area (Å²) >= 11 is 0. The largest absolute Gasteiger partial charge is 0.393 e. The van der Waals surface area contributed by atoms with E-state index in [1.165, 1.54) is 0 Å². The van der Waals surface area contributed by atoms with Gasteiger partial charge in [0.05, 0.1) is 0 Å². The van der Waals surface area contributed by atoms with Gasteiger partial charge in [0.15, 0.2) is 0 Å². The molecule has 0 unspecified atom stereocenters. The minimum Gasteiger partial charge on any atom is -0.356 e. The molecule has 0 radical (unpaired) electrons. The zero-order valence-corrected chi connectivity index (χ0v) is 18.7. The van der Waals surface area contributed by atoms with Crippen molar-refractivity contribution >= 4 is 23.0 Å². The molecule has 0 heterocycles. The molecule has 40 heavy (non-hydrogen) atoms. The fourth-order valence-corrected chi connectivity index (χ4v) is 2.81. The van der Waals surface area contributed by atoms with Crippen LogP contribution in [-0.4, -0.2) is 53.8 Å². The standard InChI is InChI=1S/C21H12F16N2O/c22-13(23)15(24,25)17(28,29)19(32,33)21(36,37)20(34,35)18(30,31)16(26,27)14(40)39-12-8-6-11(7-9-12)38-10-4-2-1-3-5-10/h1-9,13,38H,(H,39,40). The van der Waals surface area contributed by atoms with Crippen LogP contribution in [0.15, 0.2) is 54.6 Å². The molecule has 19 heteroatoms. The summed E-state index contributed by atoms with van der Waals surface area (Å²) in [6.07, 6.45) is -5.93. The average molecular weight is 612 g/mol. The predicted molar refractivity (Wildman–Crippen MR) is 105 cm³/mol. The second-order valence-corrected chi connectivity index (χ2v) is 7.89. The summed E-state index contributed by atoms with van der Waals surface area (Å²) in [7, 11) is 0. The number of nitrogens with one attached hydrogen (secondary N) is 2. The smallest absolute Gasteiger partial charge is 0.356 e. The summed E-state index contributed by atoms with van der Waals surface area (Å²) in [5.41, 5.74) is -0.263. The van der Waals surface area contributed by atoms with Crippen LogP contribution in [0.5, 0.6) is 0 Å². The molecule has 3 nitrogen and oxygen atoms in total. The highest BCUT2D eigenvalue weighted by Crippen LogP contribution is 2.62. The van der Waals surface area contributed by atoms with Crippen LogP contribution in [0.1, 0.15) is 0 Å². The van der Waals surface area contributed by atoms with Crippen LogP contribution in [0.25, 0.3) is 0 Å². The van der Waals surface area contributed by atoms with Crippen molar-refractivity contribution in [2.75, 3.05) is 10.6 Å². The van der Waals surface area contributed by atoms with E-state index in [1.807, 2.05) is 0 Å². The van der Waals surface area contributed by atoms with Gasteiger partial charge < -0.3 is 10.6 Å². The molecule has 2 aromatic carbocycles. The molecule has 0 aliphatic heterocycles. The van der Waals surface area contributed by atoms with Gasteiger partial charge in [-0.1, -0.05) is 18.2 Å². The van der Waals surface area contributed by atoms with Crippen molar-refractivity contribution in [3.63, 3.8) is 0 Å². The van der Waals surface area contributed by atoms with Gasteiger partial charge in [-0.25, -0.2) is 8.78 Å². The van der Waals surface area contributed by atoms with Crippen molar-refractivity contribution in [3.05, 3.63) is 54.6 Å². The maximum absolute atomic E-state index is 14.0. The lowest BCUT2D eigenvalue weighted by atomic mass is 9.89. The maximum atomic E-state index is 14.0. The Morgan fingerprint density at radius 3 is 1.35 bits per heavy atom. The fraction of sp³-hybridized carbons (Fsp3) is 0.381. The van der Waals surface area contributed by atoms with Gasteiger partial charge in [-0.2, -0.15) is 61.5 Å². The van der Waals surface area contributed by atoms with Crippen molar-refractivity contribution in [1.82, 2.24) is 0 Å². The van der Waals surface area contributed by atoms with Crippen molar-refractivity contribution in [2.24, 2.45) is 0 Å². The van der Waals surface area contributed by atoms with Gasteiger partial charge in [0, 0.05) is 17.1 Å². The highest BCUT2D eigenvalue weighted by atomic mass is 19.4. The van der Waals surface area contributed by atoms with Crippen molar-refractivity contribution in [2.45, 2.75) is 47.9 Å². The summed E-state index contributed by atoms with van der Waals surface area (Å²) in [5, 5.41) is 3.60. The first kappa shape index (κ1) is 32.8. The lowest BCUT2D eigenvalue weighted by Crippen LogP contribution is -2.74. The second kappa shape index (κ2) is 10.2. The van der Waals surface area contributed by atoms with Gasteiger partial charge in [-0.05, 0) is 36.4 Å². The summed E-state index contributed by atoms with van der Waals surface area (Å²) in [6, 6.07) is 11.2. The SMILES string of the molecule is O=C(Nc1ccc(Nc2ccccc2)cc1)C(F)(F)C(F)(F)C(F)(F)C(F)(F)C(F)(F)C(F)(F)C(F)(F)C(F)F. The average Bonchev–Trinajstić information content (AvgIpc) is 2.84. The molecule has 0 spiro atoms. The number of benzene rings is 2. The number of para-hydroxylation sites is 1. The number of hydrogen-bond donors (Lipinski definition) is 2. The van der Waals surface area contributed by atoms with Crippen LogP contribution in [0.3, 0.4) is 0 Å². The molecule has 2 aromatic rings. The lowest BCUT2D eigenvalue weighted by Gasteiger charge is -2.42. The first-order chi connectivity index (χ1) is 17.9. The third-order valence-electron chi connectivity index (χ3n) is 5.15. The van der Waals surface area contributed by atoms with Crippen molar-refractivity contribution in [1.29, 1.82) is 0 Å². The van der Waals surface area contributed by atoms with E-state index in [1.54, 1.807) is 30.3 Å². The Morgan fingerprint density at radius 1 is 0.525 bits per heavy atom. The number of anilines is 3. The monoisotopic (exact) mass is 612 g/mol. The molecular formula is C21H12F16N2O. The van der Waals surface area contributed by atoms with Gasteiger partial charge in [-0.3, -0.25) is 4.79 Å². The van der Waals surface area contributed by atoms with E-state index >= 15 is 0 Å². The number of carbonyl (C=O) groups is 1. The topological polar surface area (TPSA) is 41.1 Å². The van der Waals surface area contributed by atoms with Gasteiger partial charge in [0.1, 0.15) is 0 Å². The van der Waals surface area contributed by atoms with Gasteiger partial charge in [0.2, 0.25) is 0 Å². The minimum absolute atomic E-state index is 0.163. The summed E-state index contributed by atoms with van der Waals surface area (Å²) in [4.78, 5) is 11.6. The molecule has 2 rings (SSSR count). The van der Waals surface area contributed by atoms with Crippen LogP contribution < -0.4 is 10.6 Å². The third-order valence-corrected chi connectivity index (χ3v) is 5.15. The summed E-state index contributed by atoms with van der Waals surface area (Å²) < 4.78 is 214. The van der Waals surface area contributed by atoms with Gasteiger partial charge >= 0.3 is 53.8 Å². The highest BCUT2D eigenvalue weighted by Gasteiger charge is 2.94. The molecule has 0 aromatic heterocycles. The van der Waals surface area contributed by atoms with Crippen molar-refractivity contribution in [3.8, 4) is 0 Å². The normalized spacial score (nSPS) is 14.3. The van der Waals surface area contributed by atoms with Crippen LogP contribution >= 0.6 is 0 Å². The molecule has 0 aliphatic rings. The van der Waals surface area contributed by atoms with Crippen LogP contribution in [-0.2, 0) is 4.79 Å². The first-order valence-electron chi connectivity index (χ1n) is 10.1. The maximum Gasteiger partial charge on any atom is 0.393 e. The van der Waals surface area contributed by atoms with E-state index in [4.69, 9.17) is 0 Å². The first-order valence-corrected chi connectivity index (χ1v) is 10.1. The molecular weight excluding hydrogens is 600 g/mol. The molecule has 0 aliphatic carbocycles. The zero-order chi connectivity index (χ0) is 31.2. The minimum atomic E-state index is -8.57. The molecule has 0 atom stereocenters. The molecule has 2 N–H and O–H groups in total. The molecule has 1 amide bonds. The number of amides is 1. The Hall–Kier alpha value is -3.41. The second-order valence-electron chi connectivity index (χ2n) is 7.89. The van der Waals surface area contributed by atoms with E-state index in [0.717, 1.165) is 17.4 Å². The molecule has 0 fully saturated rings. The van der Waals surface area contributed by atoms with Crippen LogP contribution in [0.2, 0.25) is 0 Å². The number of rotatable bonds is 11. The summed E-state index contributed by atoms with van der Waals surface area (Å²) in [6.45, 7) is 0. The van der Waals surface area contributed by atoms with Crippen LogP contribution in [0.4, 0.5) is 87.3 Å². The lowest BCUT2D eigenvalue weighted by molar-refractivity contribution is -0.443. The Kier molecular flexibility index (Phi) is 8.37. The highest BCUT2D eigenvalue weighted by molar-refractivity contribution is 5.97. The molecule has 0 saturated heterocycles. The van der Waals surface area contributed by atoms with Crippen LogP contribution in [0, 0.1) is 0 Å². The Balaban J connectivity index is 2.37. The molecule has 224 valence electrons. The molecule has 0 bridgehead atoms. The Bertz CT molecular complexity index is 1180. The Labute approximate surface area is 212 Å². The quantitative estimate of drug-likeness (QED) is 0.252. The predicted octanol–water partition coefficient (Wildman–Crippen LogP) is 8.08.